The SMILES string of the molecule is C=CCC[C@@H]1N(S(=O)(=O)c2ccc(C)cc2)C1(C)C. The maximum atomic E-state index is 12.6. The van der Waals surface area contributed by atoms with Gasteiger partial charge in [0.25, 0.3) is 0 Å². The zero-order valence-electron chi connectivity index (χ0n) is 11.8. The molecule has 0 amide bonds. The highest BCUT2D eigenvalue weighted by molar-refractivity contribution is 7.89. The third kappa shape index (κ3) is 2.47. The summed E-state index contributed by atoms with van der Waals surface area (Å²) < 4.78 is 26.8. The van der Waals surface area contributed by atoms with Crippen LogP contribution in [0.4, 0.5) is 0 Å². The summed E-state index contributed by atoms with van der Waals surface area (Å²) in [7, 11) is -3.37. The van der Waals surface area contributed by atoms with Gasteiger partial charge in [-0.25, -0.2) is 8.42 Å². The fraction of sp³-hybridized carbons (Fsp3) is 0.467. The van der Waals surface area contributed by atoms with Gasteiger partial charge < -0.3 is 0 Å². The molecule has 0 bridgehead atoms. The van der Waals surface area contributed by atoms with E-state index in [1.165, 1.54) is 0 Å². The molecule has 0 radical (unpaired) electrons. The van der Waals surface area contributed by atoms with E-state index in [0.717, 1.165) is 18.4 Å². The minimum Gasteiger partial charge on any atom is -0.207 e. The van der Waals surface area contributed by atoms with Gasteiger partial charge in [-0.15, -0.1) is 6.58 Å². The first-order valence-corrected chi connectivity index (χ1v) is 7.98. The fourth-order valence-corrected chi connectivity index (χ4v) is 4.68. The average molecular weight is 279 g/mol. The van der Waals surface area contributed by atoms with Crippen molar-refractivity contribution >= 4 is 10.0 Å². The van der Waals surface area contributed by atoms with Crippen LogP contribution in [0.3, 0.4) is 0 Å². The topological polar surface area (TPSA) is 37.1 Å². The molecule has 2 atom stereocenters. The van der Waals surface area contributed by atoms with Gasteiger partial charge in [-0.3, -0.25) is 0 Å². The van der Waals surface area contributed by atoms with Crippen LogP contribution in [0.15, 0.2) is 41.8 Å². The summed E-state index contributed by atoms with van der Waals surface area (Å²) >= 11 is 0. The van der Waals surface area contributed by atoms with Crippen molar-refractivity contribution in [2.75, 3.05) is 0 Å². The maximum Gasteiger partial charge on any atom is 0.243 e. The van der Waals surface area contributed by atoms with E-state index >= 15 is 0 Å². The Hall–Kier alpha value is -1.13. The van der Waals surface area contributed by atoms with Crippen LogP contribution in [0.1, 0.15) is 32.3 Å². The van der Waals surface area contributed by atoms with Gasteiger partial charge in [0.2, 0.25) is 10.0 Å². The lowest BCUT2D eigenvalue weighted by molar-refractivity contribution is 0.526. The number of allylic oxidation sites excluding steroid dienone is 1. The van der Waals surface area contributed by atoms with Crippen LogP contribution in [0, 0.1) is 6.92 Å². The van der Waals surface area contributed by atoms with E-state index in [0.29, 0.717) is 4.90 Å². The molecule has 1 unspecified atom stereocenters. The molecule has 0 aromatic heterocycles. The van der Waals surface area contributed by atoms with Gasteiger partial charge in [0.15, 0.2) is 0 Å². The number of benzene rings is 1. The van der Waals surface area contributed by atoms with E-state index < -0.39 is 10.0 Å². The van der Waals surface area contributed by atoms with Gasteiger partial charge >= 0.3 is 0 Å². The molecular weight excluding hydrogens is 258 g/mol. The zero-order chi connectivity index (χ0) is 14.3. The molecule has 0 saturated carbocycles. The lowest BCUT2D eigenvalue weighted by Gasteiger charge is -2.08. The van der Waals surface area contributed by atoms with Crippen molar-refractivity contribution < 1.29 is 8.42 Å². The standard InChI is InChI=1S/C15H21NO2S/c1-5-6-7-14-15(3,4)16(14)19(17,18)13-10-8-12(2)9-11-13/h5,8-11,14H,1,6-7H2,2-4H3/t14-,16?/m0/s1. The molecule has 1 aliphatic heterocycles. The van der Waals surface area contributed by atoms with Gasteiger partial charge in [-0.2, -0.15) is 4.31 Å². The lowest BCUT2D eigenvalue weighted by Crippen LogP contribution is -2.18. The fourth-order valence-electron chi connectivity index (χ4n) is 2.58. The number of rotatable bonds is 5. The maximum absolute atomic E-state index is 12.6. The molecule has 1 aliphatic rings. The Morgan fingerprint density at radius 1 is 1.32 bits per heavy atom. The van der Waals surface area contributed by atoms with Crippen LogP contribution in [0.25, 0.3) is 0 Å². The molecule has 0 aliphatic carbocycles. The molecule has 19 heavy (non-hydrogen) atoms. The first-order valence-electron chi connectivity index (χ1n) is 6.54. The number of hydrogen-bond donors (Lipinski definition) is 0. The molecule has 1 heterocycles. The van der Waals surface area contributed by atoms with Crippen LogP contribution in [0.2, 0.25) is 0 Å². The minimum absolute atomic E-state index is 0.0804. The van der Waals surface area contributed by atoms with Crippen molar-refractivity contribution in [2.24, 2.45) is 0 Å². The molecule has 2 rings (SSSR count). The van der Waals surface area contributed by atoms with Crippen LogP contribution < -0.4 is 0 Å². The van der Waals surface area contributed by atoms with Crippen molar-refractivity contribution in [3.8, 4) is 0 Å². The molecule has 0 spiro atoms. The highest BCUT2D eigenvalue weighted by atomic mass is 32.2. The van der Waals surface area contributed by atoms with Crippen LogP contribution in [-0.4, -0.2) is 24.3 Å². The molecular formula is C15H21NO2S. The Bertz CT molecular complexity index is 573. The monoisotopic (exact) mass is 279 g/mol. The highest BCUT2D eigenvalue weighted by Crippen LogP contribution is 2.47. The molecule has 1 saturated heterocycles. The Kier molecular flexibility index (Phi) is 3.58. The largest absolute Gasteiger partial charge is 0.243 e. The molecule has 3 nitrogen and oxygen atoms in total. The van der Waals surface area contributed by atoms with E-state index in [4.69, 9.17) is 0 Å². The predicted octanol–water partition coefficient (Wildman–Crippen LogP) is 3.11. The molecule has 1 aromatic carbocycles. The van der Waals surface area contributed by atoms with Gasteiger partial charge in [-0.05, 0) is 45.7 Å². The summed E-state index contributed by atoms with van der Waals surface area (Å²) in [6.45, 7) is 9.60. The van der Waals surface area contributed by atoms with Gasteiger partial charge in [0, 0.05) is 11.6 Å². The van der Waals surface area contributed by atoms with Crippen molar-refractivity contribution in [2.45, 2.75) is 50.1 Å². The van der Waals surface area contributed by atoms with Crippen molar-refractivity contribution in [3.63, 3.8) is 0 Å². The van der Waals surface area contributed by atoms with E-state index in [-0.39, 0.29) is 11.6 Å². The average Bonchev–Trinajstić information content (AvgIpc) is 2.90. The number of hydrogen-bond acceptors (Lipinski definition) is 2. The Labute approximate surface area is 116 Å². The first kappa shape index (κ1) is 14.3. The van der Waals surface area contributed by atoms with E-state index in [2.05, 4.69) is 6.58 Å². The highest BCUT2D eigenvalue weighted by Gasteiger charge is 2.61. The second kappa shape index (κ2) is 4.76. The van der Waals surface area contributed by atoms with Crippen molar-refractivity contribution in [3.05, 3.63) is 42.5 Å². The molecule has 1 aromatic rings. The molecule has 104 valence electrons. The molecule has 4 heteroatoms. The smallest absolute Gasteiger partial charge is 0.207 e. The Morgan fingerprint density at radius 2 is 1.89 bits per heavy atom. The molecule has 0 N–H and O–H groups in total. The summed E-state index contributed by atoms with van der Waals surface area (Å²) in [5.41, 5.74) is 0.777. The summed E-state index contributed by atoms with van der Waals surface area (Å²) in [4.78, 5) is 0.382. The third-order valence-electron chi connectivity index (χ3n) is 3.82. The van der Waals surface area contributed by atoms with Crippen molar-refractivity contribution in [1.29, 1.82) is 0 Å². The number of nitrogens with zero attached hydrogens (tertiary/aromatic N) is 1. The lowest BCUT2D eigenvalue weighted by atomic mass is 10.1. The van der Waals surface area contributed by atoms with Crippen LogP contribution >= 0.6 is 0 Å². The normalized spacial score (nSPS) is 25.0. The zero-order valence-corrected chi connectivity index (χ0v) is 12.6. The number of sulfonamides is 1. The summed E-state index contributed by atoms with van der Waals surface area (Å²) in [5.74, 6) is 0. The van der Waals surface area contributed by atoms with Crippen LogP contribution in [-0.2, 0) is 10.0 Å². The minimum atomic E-state index is -3.37. The summed E-state index contributed by atoms with van der Waals surface area (Å²) in [6.07, 6.45) is 3.51. The van der Waals surface area contributed by atoms with E-state index in [1.807, 2.05) is 39.0 Å². The Morgan fingerprint density at radius 3 is 2.42 bits per heavy atom. The second-order valence-corrected chi connectivity index (χ2v) is 7.46. The van der Waals surface area contributed by atoms with Crippen molar-refractivity contribution in [1.82, 2.24) is 4.31 Å². The summed E-state index contributed by atoms with van der Waals surface area (Å²) in [6, 6.07) is 7.12. The van der Waals surface area contributed by atoms with Gasteiger partial charge in [0.05, 0.1) is 4.90 Å². The predicted molar refractivity (Wildman–Crippen MR) is 77.5 cm³/mol. The van der Waals surface area contributed by atoms with E-state index in [9.17, 15) is 8.42 Å². The van der Waals surface area contributed by atoms with E-state index in [1.54, 1.807) is 16.4 Å². The quantitative estimate of drug-likeness (QED) is 0.613. The Balaban J connectivity index is 2.26. The van der Waals surface area contributed by atoms with Gasteiger partial charge in [0.1, 0.15) is 0 Å². The molecule has 1 fully saturated rings. The summed E-state index contributed by atoms with van der Waals surface area (Å²) in [5, 5.41) is 0. The number of aryl methyl sites for hydroxylation is 1. The second-order valence-electron chi connectivity index (χ2n) is 5.65. The third-order valence-corrected chi connectivity index (χ3v) is 5.93. The first-order chi connectivity index (χ1) is 8.81. The van der Waals surface area contributed by atoms with Gasteiger partial charge in [-0.1, -0.05) is 23.8 Å². The van der Waals surface area contributed by atoms with Crippen LogP contribution in [0.5, 0.6) is 0 Å².